The van der Waals surface area contributed by atoms with E-state index in [0.717, 1.165) is 179 Å². The van der Waals surface area contributed by atoms with Crippen LogP contribution in [-0.2, 0) is 16.2 Å². The molecule has 9 nitrogen and oxygen atoms in total. The van der Waals surface area contributed by atoms with Gasteiger partial charge in [0, 0.05) is 55.2 Å². The van der Waals surface area contributed by atoms with Crippen LogP contribution in [0.4, 0.5) is 68.8 Å². The van der Waals surface area contributed by atoms with Gasteiger partial charge in [0.05, 0.1) is 28.1 Å². The van der Waals surface area contributed by atoms with Crippen molar-refractivity contribution in [3.8, 4) is 22.3 Å². The van der Waals surface area contributed by atoms with Crippen LogP contribution in [0.2, 0.25) is 0 Å². The summed E-state index contributed by atoms with van der Waals surface area (Å²) in [6.45, 7) is 20.1. The minimum atomic E-state index is -0.416. The second-order valence-corrected chi connectivity index (χ2v) is 30.9. The molecule has 0 saturated heterocycles. The lowest BCUT2D eigenvalue weighted by Gasteiger charge is -2.44. The predicted molar refractivity (Wildman–Crippen MR) is 434 cm³/mol. The van der Waals surface area contributed by atoms with Crippen LogP contribution in [0.1, 0.15) is 79.0 Å². The van der Waals surface area contributed by atoms with E-state index in [9.17, 15) is 0 Å². The number of hydrogen-bond acceptors (Lipinski definition) is 9. The van der Waals surface area contributed by atoms with Gasteiger partial charge >= 0.3 is 0 Å². The standard InChI is InChI=1S/C94H75BN6O3/c1-92(2,3)61-42-46-64(47-43-61)98(74-34-24-40-83-86(74)71-31-18-21-39-82(71)102-83)84-53-51-72-90(96-84)100(75-35-22-32-69-67-29-16-19-37-80(67)103-88(69)75)78-56-63(94(7,8)9)57-79-87(78)95(72)73-52-54-85(97-91(73)101(79)76-36-23-33-70-68-30-17-20-38-81(68)104-89(70)76)99(65-48-44-62(45-49-65)93(4,5)6)77-55-60(58-25-12-10-13-26-58)41-50-66(77)59-27-14-11-15-28-59/h10-57H,1-9H3. The molecule has 10 heteroatoms. The molecule has 0 unspecified atom stereocenters. The highest BCUT2D eigenvalue weighted by Gasteiger charge is 2.47. The van der Waals surface area contributed by atoms with E-state index in [1.807, 2.05) is 6.07 Å². The second kappa shape index (κ2) is 23.6. The van der Waals surface area contributed by atoms with Gasteiger partial charge in [0.25, 0.3) is 6.71 Å². The van der Waals surface area contributed by atoms with Crippen molar-refractivity contribution in [3.05, 3.63) is 308 Å². The van der Waals surface area contributed by atoms with Gasteiger partial charge in [-0.3, -0.25) is 19.6 Å². The molecule has 502 valence electrons. The third-order valence-electron chi connectivity index (χ3n) is 21.3. The van der Waals surface area contributed by atoms with Gasteiger partial charge in [-0.1, -0.05) is 256 Å². The van der Waals surface area contributed by atoms with E-state index in [2.05, 4.69) is 367 Å². The highest BCUT2D eigenvalue weighted by Crippen LogP contribution is 2.53. The number of furan rings is 3. The molecule has 0 fully saturated rings. The maximum absolute atomic E-state index is 7.21. The van der Waals surface area contributed by atoms with Gasteiger partial charge in [-0.15, -0.1) is 0 Å². The first-order valence-electron chi connectivity index (χ1n) is 36.1. The van der Waals surface area contributed by atoms with E-state index in [-0.39, 0.29) is 16.2 Å². The summed E-state index contributed by atoms with van der Waals surface area (Å²) in [6, 6.07) is 105. The molecule has 19 rings (SSSR count). The van der Waals surface area contributed by atoms with Gasteiger partial charge in [-0.2, -0.15) is 0 Å². The van der Waals surface area contributed by atoms with E-state index < -0.39 is 6.71 Å². The van der Waals surface area contributed by atoms with Crippen LogP contribution in [0.5, 0.6) is 0 Å². The Hall–Kier alpha value is -12.4. The van der Waals surface area contributed by atoms with Crippen molar-refractivity contribution in [2.24, 2.45) is 0 Å². The molecule has 0 N–H and O–H groups in total. The highest BCUT2D eigenvalue weighted by molar-refractivity contribution is 7.00. The maximum atomic E-state index is 7.21. The largest absolute Gasteiger partial charge is 0.456 e. The molecule has 2 aliphatic rings. The minimum absolute atomic E-state index is 0.0842. The summed E-state index contributed by atoms with van der Waals surface area (Å²) in [7, 11) is 0. The van der Waals surface area contributed by atoms with Crippen LogP contribution in [0.3, 0.4) is 0 Å². The summed E-state index contributed by atoms with van der Waals surface area (Å²) in [5.41, 5.74) is 22.8. The number of benzene rings is 12. The van der Waals surface area contributed by atoms with Crippen molar-refractivity contribution >= 4 is 158 Å². The Labute approximate surface area is 605 Å². The molecule has 0 saturated carbocycles. The fourth-order valence-electron chi connectivity index (χ4n) is 16.0. The summed E-state index contributed by atoms with van der Waals surface area (Å²) in [5, 5.41) is 6.14. The first-order chi connectivity index (χ1) is 50.5. The molecule has 7 heterocycles. The second-order valence-electron chi connectivity index (χ2n) is 30.9. The van der Waals surface area contributed by atoms with E-state index in [1.165, 1.54) is 11.1 Å². The van der Waals surface area contributed by atoms with Gasteiger partial charge in [-0.05, 0) is 163 Å². The van der Waals surface area contributed by atoms with Crippen LogP contribution in [0, 0.1) is 0 Å². The predicted octanol–water partition coefficient (Wildman–Crippen LogP) is 24.4. The number of aromatic nitrogens is 2. The van der Waals surface area contributed by atoms with Gasteiger partial charge in [-0.25, -0.2) is 9.97 Å². The van der Waals surface area contributed by atoms with Crippen LogP contribution < -0.4 is 36.0 Å². The zero-order valence-electron chi connectivity index (χ0n) is 59.7. The maximum Gasteiger partial charge on any atom is 0.256 e. The summed E-state index contributed by atoms with van der Waals surface area (Å²) in [6.07, 6.45) is 0. The van der Waals surface area contributed by atoms with Crippen LogP contribution in [0.25, 0.3) is 88.1 Å². The Balaban J connectivity index is 0.927. The van der Waals surface area contributed by atoms with Crippen LogP contribution in [0.15, 0.2) is 304 Å². The Morgan fingerprint density at radius 2 is 0.750 bits per heavy atom. The quantitative estimate of drug-likeness (QED) is 0.124. The Bertz CT molecular complexity index is 6270. The number of pyridine rings is 2. The lowest BCUT2D eigenvalue weighted by atomic mass is 9.34. The van der Waals surface area contributed by atoms with Gasteiger partial charge in [0.1, 0.15) is 45.6 Å². The lowest BCUT2D eigenvalue weighted by molar-refractivity contribution is 0.590. The topological polar surface area (TPSA) is 78.2 Å². The van der Waals surface area contributed by atoms with E-state index in [0.29, 0.717) is 0 Å². The average Bonchev–Trinajstić information content (AvgIpc) is 0.750. The minimum Gasteiger partial charge on any atom is -0.456 e. The molecule has 0 aliphatic carbocycles. The Morgan fingerprint density at radius 3 is 1.26 bits per heavy atom. The third-order valence-corrected chi connectivity index (χ3v) is 21.3. The van der Waals surface area contributed by atoms with Gasteiger partial charge in [0.2, 0.25) is 0 Å². The number of para-hydroxylation sites is 5. The van der Waals surface area contributed by atoms with E-state index >= 15 is 0 Å². The van der Waals surface area contributed by atoms with Gasteiger partial charge in [0.15, 0.2) is 11.2 Å². The molecule has 5 aromatic heterocycles. The van der Waals surface area contributed by atoms with Crippen molar-refractivity contribution in [2.45, 2.75) is 78.6 Å². The van der Waals surface area contributed by atoms with E-state index in [4.69, 9.17) is 23.2 Å². The first kappa shape index (κ1) is 62.6. The molecular formula is C94H75BN6O3. The van der Waals surface area contributed by atoms with Crippen LogP contribution in [-0.4, -0.2) is 16.7 Å². The number of rotatable bonds is 10. The molecule has 0 atom stereocenters. The molecule has 0 bridgehead atoms. The van der Waals surface area contributed by atoms with Crippen molar-refractivity contribution < 1.29 is 13.3 Å². The molecular weight excluding hydrogens is 1270 g/mol. The van der Waals surface area contributed by atoms with Crippen molar-refractivity contribution in [1.82, 2.24) is 9.97 Å². The zero-order chi connectivity index (χ0) is 70.5. The molecule has 0 amide bonds. The fraction of sp³-hybridized carbons (Fsp3) is 0.128. The van der Waals surface area contributed by atoms with Crippen molar-refractivity contribution in [3.63, 3.8) is 0 Å². The summed E-state index contributed by atoms with van der Waals surface area (Å²) >= 11 is 0. The highest BCUT2D eigenvalue weighted by atomic mass is 16.3. The van der Waals surface area contributed by atoms with Crippen molar-refractivity contribution in [2.75, 3.05) is 19.6 Å². The molecule has 104 heavy (non-hydrogen) atoms. The third kappa shape index (κ3) is 10.1. The smallest absolute Gasteiger partial charge is 0.256 e. The number of fused-ring (bicyclic) bond motifs is 13. The van der Waals surface area contributed by atoms with Gasteiger partial charge < -0.3 is 13.3 Å². The van der Waals surface area contributed by atoms with Crippen molar-refractivity contribution in [1.29, 1.82) is 0 Å². The summed E-state index contributed by atoms with van der Waals surface area (Å²) in [4.78, 5) is 22.0. The number of hydrogen-bond donors (Lipinski definition) is 0. The Morgan fingerprint density at radius 1 is 0.317 bits per heavy atom. The van der Waals surface area contributed by atoms with E-state index in [1.54, 1.807) is 0 Å². The molecule has 2 aliphatic heterocycles. The summed E-state index contributed by atoms with van der Waals surface area (Å²) < 4.78 is 21.1. The monoisotopic (exact) mass is 1350 g/mol. The molecule has 0 radical (unpaired) electrons. The molecule has 12 aromatic carbocycles. The number of anilines is 12. The Kier molecular flexibility index (Phi) is 14.2. The summed E-state index contributed by atoms with van der Waals surface area (Å²) in [5.74, 6) is 3.00. The molecule has 17 aromatic rings. The fourth-order valence-corrected chi connectivity index (χ4v) is 16.0. The first-order valence-corrected chi connectivity index (χ1v) is 36.1. The SMILES string of the molecule is CC(C)(C)c1ccc(N(c2ccc3c(n2)N(c2cccc4c2oc2ccccc24)c2cc(C(C)(C)C)cc4c2B3c2ccc(N(c3ccc(C(C)(C)C)cc3)c3cccc5oc6ccccc6c35)nc2N4c2cccc3c2oc2ccccc23)c2cc(-c3ccccc3)ccc2-c2ccccc2)cc1. The molecule has 0 spiro atoms. The zero-order valence-corrected chi connectivity index (χ0v) is 59.7. The normalized spacial score (nSPS) is 13.0. The number of nitrogens with zero attached hydrogens (tertiary/aromatic N) is 6. The van der Waals surface area contributed by atoms with Crippen LogP contribution >= 0.6 is 0 Å². The average molecular weight is 1350 g/mol. The lowest BCUT2D eigenvalue weighted by Crippen LogP contribution is -2.62.